The maximum absolute atomic E-state index is 12.6. The van der Waals surface area contributed by atoms with Gasteiger partial charge in [-0.25, -0.2) is 18.1 Å². The largest absolute Gasteiger partial charge is 0.391 e. The highest BCUT2D eigenvalue weighted by Crippen LogP contribution is 2.25. The van der Waals surface area contributed by atoms with E-state index in [0.29, 0.717) is 17.8 Å². The first-order valence-electron chi connectivity index (χ1n) is 6.90. The van der Waals surface area contributed by atoms with Gasteiger partial charge >= 0.3 is 0 Å². The summed E-state index contributed by atoms with van der Waals surface area (Å²) >= 11 is 1.32. The van der Waals surface area contributed by atoms with Crippen molar-refractivity contribution in [2.45, 2.75) is 49.3 Å². The molecule has 2 heterocycles. The van der Waals surface area contributed by atoms with E-state index < -0.39 is 22.2 Å². The predicted molar refractivity (Wildman–Crippen MR) is 80.7 cm³/mol. The van der Waals surface area contributed by atoms with Crippen molar-refractivity contribution in [3.05, 3.63) is 11.6 Å². The molecule has 2 aromatic rings. The van der Waals surface area contributed by atoms with E-state index in [1.165, 1.54) is 15.7 Å². The van der Waals surface area contributed by atoms with Gasteiger partial charge in [0.15, 0.2) is 15.8 Å². The lowest BCUT2D eigenvalue weighted by atomic mass is 10.1. The van der Waals surface area contributed by atoms with Gasteiger partial charge in [-0.15, -0.1) is 11.3 Å². The smallest absolute Gasteiger partial charge is 0.260 e. The van der Waals surface area contributed by atoms with E-state index in [1.54, 1.807) is 11.6 Å². The van der Waals surface area contributed by atoms with E-state index in [0.717, 1.165) is 19.3 Å². The zero-order valence-corrected chi connectivity index (χ0v) is 13.0. The Balaban J connectivity index is 1.93. The van der Waals surface area contributed by atoms with Crippen LogP contribution >= 0.6 is 11.3 Å². The average molecular weight is 330 g/mol. The molecule has 0 aliphatic heterocycles. The molecule has 2 unspecified atom stereocenters. The number of sulfonamides is 1. The second-order valence-electron chi connectivity index (χ2n) is 5.29. The van der Waals surface area contributed by atoms with Gasteiger partial charge in [0.05, 0.1) is 6.10 Å². The topological polar surface area (TPSA) is 110 Å². The van der Waals surface area contributed by atoms with Crippen LogP contribution in [-0.2, 0) is 10.0 Å². The van der Waals surface area contributed by atoms with Crippen molar-refractivity contribution >= 4 is 32.1 Å². The zero-order valence-electron chi connectivity index (χ0n) is 11.4. The molecule has 4 N–H and O–H groups in total. The second-order valence-corrected chi connectivity index (χ2v) is 7.79. The van der Waals surface area contributed by atoms with Crippen molar-refractivity contribution in [2.75, 3.05) is 5.73 Å². The number of hydrogen-bond acceptors (Lipinski definition) is 6. The monoisotopic (exact) mass is 330 g/mol. The highest BCUT2D eigenvalue weighted by Gasteiger charge is 2.31. The summed E-state index contributed by atoms with van der Waals surface area (Å²) in [5.74, 6) is -0.0162. The van der Waals surface area contributed by atoms with Gasteiger partial charge < -0.3 is 10.8 Å². The summed E-state index contributed by atoms with van der Waals surface area (Å²) in [4.78, 5) is 4.58. The number of nitrogen functional groups attached to an aromatic ring is 1. The minimum absolute atomic E-state index is 0.0162. The fourth-order valence-electron chi connectivity index (χ4n) is 2.73. The molecule has 0 aromatic carbocycles. The number of thiazole rings is 1. The zero-order chi connectivity index (χ0) is 15.0. The fourth-order valence-corrected chi connectivity index (χ4v) is 5.02. The van der Waals surface area contributed by atoms with Crippen LogP contribution in [0.3, 0.4) is 0 Å². The van der Waals surface area contributed by atoms with E-state index >= 15 is 0 Å². The van der Waals surface area contributed by atoms with Gasteiger partial charge in [0.1, 0.15) is 0 Å². The van der Waals surface area contributed by atoms with Crippen LogP contribution in [0.5, 0.6) is 0 Å². The van der Waals surface area contributed by atoms with Gasteiger partial charge in [0.25, 0.3) is 10.0 Å². The summed E-state index contributed by atoms with van der Waals surface area (Å²) in [6.07, 6.45) is 5.05. The first-order chi connectivity index (χ1) is 9.99. The fraction of sp³-hybridized carbons (Fsp3) is 0.583. The quantitative estimate of drug-likeness (QED) is 0.726. The summed E-state index contributed by atoms with van der Waals surface area (Å²) in [5.41, 5.74) is 5.75. The number of aliphatic hydroxyl groups excluding tert-OH is 1. The molecule has 116 valence electrons. The van der Waals surface area contributed by atoms with Crippen LogP contribution in [0.4, 0.5) is 5.82 Å². The number of fused-ring (bicyclic) bond motifs is 1. The average Bonchev–Trinajstić information content (AvgIpc) is 2.89. The number of nitrogens with two attached hydrogens (primary N) is 1. The maximum atomic E-state index is 12.6. The van der Waals surface area contributed by atoms with Crippen LogP contribution in [0.1, 0.15) is 32.1 Å². The molecule has 3 rings (SSSR count). The van der Waals surface area contributed by atoms with Crippen LogP contribution in [0.2, 0.25) is 0 Å². The van der Waals surface area contributed by atoms with Crippen molar-refractivity contribution in [3.63, 3.8) is 0 Å². The maximum Gasteiger partial charge on any atom is 0.260 e. The molecule has 2 atom stereocenters. The van der Waals surface area contributed by atoms with E-state index in [2.05, 4.69) is 9.71 Å². The molecule has 2 aromatic heterocycles. The van der Waals surface area contributed by atoms with Gasteiger partial charge in [0.2, 0.25) is 0 Å². The molecule has 1 saturated carbocycles. The van der Waals surface area contributed by atoms with Crippen molar-refractivity contribution in [1.29, 1.82) is 0 Å². The van der Waals surface area contributed by atoms with Gasteiger partial charge in [-0.05, 0) is 12.8 Å². The Kier molecular flexibility index (Phi) is 3.91. The Hall–Kier alpha value is -1.16. The lowest BCUT2D eigenvalue weighted by Crippen LogP contribution is -2.43. The molecule has 0 amide bonds. The Morgan fingerprint density at radius 1 is 1.38 bits per heavy atom. The van der Waals surface area contributed by atoms with Gasteiger partial charge in [-0.3, -0.25) is 4.40 Å². The van der Waals surface area contributed by atoms with Crippen molar-refractivity contribution in [3.8, 4) is 0 Å². The van der Waals surface area contributed by atoms with E-state index in [4.69, 9.17) is 5.73 Å². The number of hydrogen-bond donors (Lipinski definition) is 3. The van der Waals surface area contributed by atoms with Crippen LogP contribution in [-0.4, -0.2) is 35.1 Å². The Labute approximate surface area is 126 Å². The van der Waals surface area contributed by atoms with Crippen LogP contribution in [0.15, 0.2) is 16.6 Å². The molecule has 7 nitrogen and oxygen atoms in total. The summed E-state index contributed by atoms with van der Waals surface area (Å²) in [5, 5.41) is 11.8. The van der Waals surface area contributed by atoms with Gasteiger partial charge in [0, 0.05) is 17.6 Å². The molecular weight excluding hydrogens is 312 g/mol. The summed E-state index contributed by atoms with van der Waals surface area (Å²) in [7, 11) is -3.82. The van der Waals surface area contributed by atoms with Crippen molar-refractivity contribution in [2.24, 2.45) is 0 Å². The summed E-state index contributed by atoms with van der Waals surface area (Å²) in [6, 6.07) is -0.471. The number of aromatic nitrogens is 2. The molecule has 0 radical (unpaired) electrons. The Morgan fingerprint density at radius 3 is 2.95 bits per heavy atom. The van der Waals surface area contributed by atoms with Crippen molar-refractivity contribution < 1.29 is 13.5 Å². The van der Waals surface area contributed by atoms with E-state index in [1.807, 2.05) is 0 Å². The minimum atomic E-state index is -3.82. The molecular formula is C12H18N4O3S2. The Morgan fingerprint density at radius 2 is 2.14 bits per heavy atom. The third kappa shape index (κ3) is 2.78. The number of aliphatic hydroxyl groups is 1. The molecule has 21 heavy (non-hydrogen) atoms. The molecule has 1 aliphatic carbocycles. The minimum Gasteiger partial charge on any atom is -0.391 e. The first kappa shape index (κ1) is 14.8. The molecule has 1 aliphatic rings. The highest BCUT2D eigenvalue weighted by atomic mass is 32.2. The molecule has 9 heteroatoms. The van der Waals surface area contributed by atoms with Crippen LogP contribution < -0.4 is 10.5 Å². The van der Waals surface area contributed by atoms with E-state index in [-0.39, 0.29) is 10.8 Å². The third-order valence-corrected chi connectivity index (χ3v) is 6.07. The lowest BCUT2D eigenvalue weighted by Gasteiger charge is -2.21. The normalized spacial score (nSPS) is 24.2. The van der Waals surface area contributed by atoms with Gasteiger partial charge in [-0.1, -0.05) is 19.3 Å². The van der Waals surface area contributed by atoms with E-state index in [9.17, 15) is 13.5 Å². The standard InChI is InChI=1S/C12H18N4O3S2/c13-10-11(16-6-7-20-12(16)14-10)21(18,19)15-8-4-2-1-3-5-9(8)17/h6-9,15,17H,1-5,13H2. The predicted octanol–water partition coefficient (Wildman–Crippen LogP) is 0.950. The molecule has 0 bridgehead atoms. The number of rotatable bonds is 3. The van der Waals surface area contributed by atoms with Crippen molar-refractivity contribution in [1.82, 2.24) is 14.1 Å². The van der Waals surface area contributed by atoms with Crippen LogP contribution in [0.25, 0.3) is 4.96 Å². The highest BCUT2D eigenvalue weighted by molar-refractivity contribution is 7.89. The summed E-state index contributed by atoms with van der Waals surface area (Å²) < 4.78 is 29.2. The molecule has 0 saturated heterocycles. The number of nitrogens with one attached hydrogen (secondary N) is 1. The first-order valence-corrected chi connectivity index (χ1v) is 9.27. The number of nitrogens with zero attached hydrogens (tertiary/aromatic N) is 2. The molecule has 0 spiro atoms. The third-order valence-electron chi connectivity index (χ3n) is 3.78. The summed E-state index contributed by atoms with van der Waals surface area (Å²) in [6.45, 7) is 0. The SMILES string of the molecule is Nc1nc2sccn2c1S(=O)(=O)NC1CCCCCC1O. The number of imidazole rings is 1. The van der Waals surface area contributed by atoms with Crippen LogP contribution in [0, 0.1) is 0 Å². The Bertz CT molecular complexity index is 737. The lowest BCUT2D eigenvalue weighted by molar-refractivity contribution is 0.130. The molecule has 1 fully saturated rings. The van der Waals surface area contributed by atoms with Gasteiger partial charge in [-0.2, -0.15) is 0 Å². The second kappa shape index (κ2) is 5.56. The number of anilines is 1.